The maximum atomic E-state index is 12.9. The minimum Gasteiger partial charge on any atom is -0.462 e. The molecule has 6 nitrogen and oxygen atoms in total. The Morgan fingerprint density at radius 2 is 0.470 bits per heavy atom. The molecule has 6 heteroatoms. The summed E-state index contributed by atoms with van der Waals surface area (Å²) in [6.45, 7) is 6.43. The van der Waals surface area contributed by atoms with Gasteiger partial charge in [-0.2, -0.15) is 0 Å². The second-order valence-electron chi connectivity index (χ2n) is 23.7. The lowest BCUT2D eigenvalue weighted by molar-refractivity contribution is -0.167. The topological polar surface area (TPSA) is 78.9 Å². The van der Waals surface area contributed by atoms with E-state index in [1.807, 2.05) is 0 Å². The normalized spacial score (nSPS) is 12.7. The predicted octanol–water partition coefficient (Wildman–Crippen LogP) is 24.8. The van der Waals surface area contributed by atoms with E-state index in [2.05, 4.69) is 118 Å². The Hall–Kier alpha value is -3.67. The van der Waals surface area contributed by atoms with Crippen molar-refractivity contribution in [2.24, 2.45) is 0 Å². The molecule has 1 unspecified atom stereocenters. The molecule has 478 valence electrons. The predicted molar refractivity (Wildman–Crippen MR) is 362 cm³/mol. The molecule has 0 aromatic carbocycles. The van der Waals surface area contributed by atoms with Crippen LogP contribution in [0.15, 0.2) is 97.2 Å². The third-order valence-electron chi connectivity index (χ3n) is 15.6. The molecule has 0 aliphatic rings. The van der Waals surface area contributed by atoms with E-state index in [-0.39, 0.29) is 31.1 Å². The van der Waals surface area contributed by atoms with Crippen LogP contribution in [0.4, 0.5) is 0 Å². The standard InChI is InChI=1S/C77H134O6/c1-4-7-10-13-16-19-22-25-28-30-31-32-33-34-35-36-37-38-39-40-41-42-43-44-45-47-49-52-55-58-61-64-67-70-76(79)82-73-74(72-81-75(78)69-66-63-60-57-54-51-48-27-24-21-18-15-12-9-6-3)83-77(80)71-68-65-62-59-56-53-50-46-29-26-23-20-17-14-11-8-5-2/h7,9-10,12,16,18-19,21,25,27-28,31-32,48,54,57,74H,4-6,8,11,13-15,17,20,22-24,26,29-30,33-47,49-53,55-56,58-73H2,1-3H3/b10-7-,12-9-,19-16-,21-18-,28-25-,32-31-,48-27-,57-54-. The van der Waals surface area contributed by atoms with E-state index in [4.69, 9.17) is 14.2 Å². The number of allylic oxidation sites excluding steroid dienone is 16. The monoisotopic (exact) mass is 1160 g/mol. The summed E-state index contributed by atoms with van der Waals surface area (Å²) in [5.74, 6) is -0.908. The van der Waals surface area contributed by atoms with Gasteiger partial charge in [0.05, 0.1) is 0 Å². The fraction of sp³-hybridized carbons (Fsp3) is 0.753. The van der Waals surface area contributed by atoms with Crippen molar-refractivity contribution in [1.82, 2.24) is 0 Å². The van der Waals surface area contributed by atoms with E-state index in [0.717, 1.165) is 109 Å². The fourth-order valence-electron chi connectivity index (χ4n) is 10.3. The second kappa shape index (κ2) is 70.8. The smallest absolute Gasteiger partial charge is 0.306 e. The maximum absolute atomic E-state index is 12.9. The largest absolute Gasteiger partial charge is 0.462 e. The molecule has 0 spiro atoms. The number of hydrogen-bond donors (Lipinski definition) is 0. The number of carbonyl (C=O) groups is 3. The van der Waals surface area contributed by atoms with Crippen LogP contribution in [0.3, 0.4) is 0 Å². The van der Waals surface area contributed by atoms with Crippen molar-refractivity contribution in [3.05, 3.63) is 97.2 Å². The first kappa shape index (κ1) is 79.3. The molecule has 0 N–H and O–H groups in total. The molecule has 83 heavy (non-hydrogen) atoms. The Kier molecular flexibility index (Phi) is 67.7. The number of hydrogen-bond acceptors (Lipinski definition) is 6. The van der Waals surface area contributed by atoms with Crippen molar-refractivity contribution in [2.45, 2.75) is 361 Å². The van der Waals surface area contributed by atoms with Gasteiger partial charge in [-0.3, -0.25) is 14.4 Å². The number of unbranched alkanes of at least 4 members (excludes halogenated alkanes) is 38. The average molecular weight is 1160 g/mol. The summed E-state index contributed by atoms with van der Waals surface area (Å²) in [5.41, 5.74) is 0. The molecule has 0 heterocycles. The van der Waals surface area contributed by atoms with Gasteiger partial charge in [0.1, 0.15) is 13.2 Å². The molecular weight excluding hydrogens is 1020 g/mol. The molecule has 0 radical (unpaired) electrons. The Balaban J connectivity index is 4.19. The highest BCUT2D eigenvalue weighted by Gasteiger charge is 2.19. The average Bonchev–Trinajstić information content (AvgIpc) is 3.49. The Bertz CT molecular complexity index is 1610. The summed E-state index contributed by atoms with van der Waals surface area (Å²) in [7, 11) is 0. The van der Waals surface area contributed by atoms with Crippen LogP contribution < -0.4 is 0 Å². The van der Waals surface area contributed by atoms with E-state index in [1.165, 1.54) is 205 Å². The number of ether oxygens (including phenoxy) is 3. The third-order valence-corrected chi connectivity index (χ3v) is 15.6. The van der Waals surface area contributed by atoms with Crippen LogP contribution in [0.25, 0.3) is 0 Å². The lowest BCUT2D eigenvalue weighted by atomic mass is 10.0. The fourth-order valence-corrected chi connectivity index (χ4v) is 10.3. The Labute approximate surface area is 515 Å². The summed E-state index contributed by atoms with van der Waals surface area (Å²) < 4.78 is 16.9. The van der Waals surface area contributed by atoms with Crippen molar-refractivity contribution in [1.29, 1.82) is 0 Å². The van der Waals surface area contributed by atoms with E-state index in [0.29, 0.717) is 19.3 Å². The first-order valence-electron chi connectivity index (χ1n) is 35.7. The van der Waals surface area contributed by atoms with Crippen LogP contribution >= 0.6 is 0 Å². The minimum atomic E-state index is -0.792. The molecule has 0 aromatic heterocycles. The van der Waals surface area contributed by atoms with Crippen molar-refractivity contribution >= 4 is 17.9 Å². The van der Waals surface area contributed by atoms with Crippen molar-refractivity contribution in [2.75, 3.05) is 13.2 Å². The van der Waals surface area contributed by atoms with Gasteiger partial charge < -0.3 is 14.2 Å². The highest BCUT2D eigenvalue weighted by molar-refractivity contribution is 5.71. The lowest BCUT2D eigenvalue weighted by Crippen LogP contribution is -2.30. The molecule has 0 aliphatic heterocycles. The van der Waals surface area contributed by atoms with Gasteiger partial charge in [0.15, 0.2) is 6.10 Å². The molecule has 1 atom stereocenters. The first-order chi connectivity index (χ1) is 41.0. The summed E-state index contributed by atoms with van der Waals surface area (Å²) in [6, 6.07) is 0. The summed E-state index contributed by atoms with van der Waals surface area (Å²) in [5, 5.41) is 0. The van der Waals surface area contributed by atoms with Crippen LogP contribution in [-0.2, 0) is 28.6 Å². The molecule has 0 aliphatic carbocycles. The van der Waals surface area contributed by atoms with E-state index >= 15 is 0 Å². The van der Waals surface area contributed by atoms with E-state index in [1.54, 1.807) is 0 Å². The zero-order chi connectivity index (χ0) is 59.9. The van der Waals surface area contributed by atoms with Gasteiger partial charge in [-0.15, -0.1) is 0 Å². The molecule has 0 fully saturated rings. The van der Waals surface area contributed by atoms with Crippen LogP contribution in [-0.4, -0.2) is 37.2 Å². The molecule has 0 saturated carbocycles. The van der Waals surface area contributed by atoms with Gasteiger partial charge in [-0.1, -0.05) is 336 Å². The van der Waals surface area contributed by atoms with Crippen molar-refractivity contribution in [3.8, 4) is 0 Å². The van der Waals surface area contributed by atoms with Gasteiger partial charge >= 0.3 is 17.9 Å². The SMILES string of the molecule is CC/C=C\C/C=C\C/C=C\C/C=C\CCCCCCCCCCCCCCCCCCCCCCC(=O)OCC(COC(=O)CCCC/C=C\C/C=C\C/C=C\C/C=C\CC)OC(=O)CCCCCCCCCCCCCCCCCCC. The van der Waals surface area contributed by atoms with Crippen molar-refractivity contribution < 1.29 is 28.6 Å². The zero-order valence-electron chi connectivity index (χ0n) is 54.9. The van der Waals surface area contributed by atoms with Crippen LogP contribution in [0, 0.1) is 0 Å². The van der Waals surface area contributed by atoms with Gasteiger partial charge in [0.2, 0.25) is 0 Å². The number of carbonyl (C=O) groups excluding carboxylic acids is 3. The molecule has 0 saturated heterocycles. The minimum absolute atomic E-state index is 0.0853. The molecule has 0 rings (SSSR count). The van der Waals surface area contributed by atoms with E-state index < -0.39 is 6.10 Å². The zero-order valence-corrected chi connectivity index (χ0v) is 54.9. The summed E-state index contributed by atoms with van der Waals surface area (Å²) >= 11 is 0. The number of rotatable bonds is 65. The van der Waals surface area contributed by atoms with Gasteiger partial charge in [0.25, 0.3) is 0 Å². The molecular formula is C77H134O6. The lowest BCUT2D eigenvalue weighted by Gasteiger charge is -2.18. The van der Waals surface area contributed by atoms with Gasteiger partial charge in [-0.25, -0.2) is 0 Å². The summed E-state index contributed by atoms with van der Waals surface area (Å²) in [6.07, 6.45) is 96.0. The number of esters is 3. The van der Waals surface area contributed by atoms with E-state index in [9.17, 15) is 14.4 Å². The summed E-state index contributed by atoms with van der Waals surface area (Å²) in [4.78, 5) is 38.4. The van der Waals surface area contributed by atoms with Gasteiger partial charge in [-0.05, 0) is 96.3 Å². The van der Waals surface area contributed by atoms with Gasteiger partial charge in [0, 0.05) is 19.3 Å². The molecule has 0 amide bonds. The Morgan fingerprint density at radius 1 is 0.253 bits per heavy atom. The Morgan fingerprint density at radius 3 is 0.759 bits per heavy atom. The van der Waals surface area contributed by atoms with Crippen molar-refractivity contribution in [3.63, 3.8) is 0 Å². The van der Waals surface area contributed by atoms with Crippen LogP contribution in [0.1, 0.15) is 355 Å². The molecule has 0 aromatic rings. The van der Waals surface area contributed by atoms with Crippen LogP contribution in [0.2, 0.25) is 0 Å². The third kappa shape index (κ3) is 69.0. The second-order valence-corrected chi connectivity index (χ2v) is 23.7. The highest BCUT2D eigenvalue weighted by Crippen LogP contribution is 2.18. The maximum Gasteiger partial charge on any atom is 0.306 e. The molecule has 0 bridgehead atoms. The van der Waals surface area contributed by atoms with Crippen LogP contribution in [0.5, 0.6) is 0 Å². The highest BCUT2D eigenvalue weighted by atomic mass is 16.6. The first-order valence-corrected chi connectivity index (χ1v) is 35.7. The quantitative estimate of drug-likeness (QED) is 0.0261.